The van der Waals surface area contributed by atoms with Crippen LogP contribution in [0.2, 0.25) is 0 Å². The molecule has 0 fully saturated rings. The first-order chi connectivity index (χ1) is 8.72. The molecule has 0 bridgehead atoms. The molecule has 0 amide bonds. The van der Waals surface area contributed by atoms with Crippen molar-refractivity contribution in [3.05, 3.63) is 18.3 Å². The van der Waals surface area contributed by atoms with Crippen LogP contribution in [0.4, 0.5) is 20.3 Å². The third kappa shape index (κ3) is 6.34. The number of aromatic nitrogens is 1. The SMILES string of the molecule is CCCNc1cc(NCCOCC(F)F)ccn1. The number of rotatable bonds is 9. The fourth-order valence-electron chi connectivity index (χ4n) is 1.33. The molecule has 6 heteroatoms. The monoisotopic (exact) mass is 259 g/mol. The summed E-state index contributed by atoms with van der Waals surface area (Å²) in [4.78, 5) is 4.16. The second-order valence-electron chi connectivity index (χ2n) is 3.75. The average molecular weight is 259 g/mol. The van der Waals surface area contributed by atoms with Crippen molar-refractivity contribution in [2.75, 3.05) is 36.9 Å². The van der Waals surface area contributed by atoms with E-state index >= 15 is 0 Å². The molecule has 0 aliphatic carbocycles. The Morgan fingerprint density at radius 2 is 2.17 bits per heavy atom. The van der Waals surface area contributed by atoms with E-state index in [9.17, 15) is 8.78 Å². The predicted octanol–water partition coefficient (Wildman–Crippen LogP) is 2.60. The van der Waals surface area contributed by atoms with Crippen molar-refractivity contribution in [1.29, 1.82) is 0 Å². The van der Waals surface area contributed by atoms with Crippen molar-refractivity contribution in [2.45, 2.75) is 19.8 Å². The van der Waals surface area contributed by atoms with Crippen LogP contribution in [0.15, 0.2) is 18.3 Å². The van der Waals surface area contributed by atoms with Crippen LogP contribution in [0.3, 0.4) is 0 Å². The summed E-state index contributed by atoms with van der Waals surface area (Å²) in [6, 6.07) is 3.70. The van der Waals surface area contributed by atoms with Gasteiger partial charge in [0, 0.05) is 31.0 Å². The van der Waals surface area contributed by atoms with Crippen LogP contribution >= 0.6 is 0 Å². The highest BCUT2D eigenvalue weighted by atomic mass is 19.3. The molecule has 0 aliphatic rings. The summed E-state index contributed by atoms with van der Waals surface area (Å²) >= 11 is 0. The van der Waals surface area contributed by atoms with Crippen LogP contribution in [0.1, 0.15) is 13.3 Å². The van der Waals surface area contributed by atoms with Gasteiger partial charge in [-0.1, -0.05) is 6.92 Å². The summed E-state index contributed by atoms with van der Waals surface area (Å²) in [6.07, 6.45) is 0.317. The van der Waals surface area contributed by atoms with E-state index in [2.05, 4.69) is 22.5 Å². The molecule has 0 radical (unpaired) electrons. The lowest BCUT2D eigenvalue weighted by molar-refractivity contribution is 0.0215. The lowest BCUT2D eigenvalue weighted by atomic mass is 10.3. The normalized spacial score (nSPS) is 10.7. The molecule has 0 spiro atoms. The Bertz CT molecular complexity index is 337. The first-order valence-corrected chi connectivity index (χ1v) is 6.02. The van der Waals surface area contributed by atoms with Gasteiger partial charge >= 0.3 is 0 Å². The largest absolute Gasteiger partial charge is 0.383 e. The van der Waals surface area contributed by atoms with E-state index < -0.39 is 13.0 Å². The molecule has 1 aromatic rings. The van der Waals surface area contributed by atoms with Crippen LogP contribution < -0.4 is 10.6 Å². The van der Waals surface area contributed by atoms with Gasteiger partial charge in [-0.25, -0.2) is 13.8 Å². The number of pyridine rings is 1. The Labute approximate surface area is 106 Å². The minimum absolute atomic E-state index is 0.254. The summed E-state index contributed by atoms with van der Waals surface area (Å²) in [7, 11) is 0. The minimum Gasteiger partial charge on any atom is -0.383 e. The Kier molecular flexibility index (Phi) is 7.01. The Morgan fingerprint density at radius 1 is 1.33 bits per heavy atom. The van der Waals surface area contributed by atoms with Gasteiger partial charge in [0.25, 0.3) is 6.43 Å². The molecule has 1 aromatic heterocycles. The highest BCUT2D eigenvalue weighted by molar-refractivity contribution is 5.51. The molecule has 2 N–H and O–H groups in total. The third-order valence-corrected chi connectivity index (χ3v) is 2.14. The zero-order valence-corrected chi connectivity index (χ0v) is 10.5. The molecule has 0 unspecified atom stereocenters. The number of nitrogens with zero attached hydrogens (tertiary/aromatic N) is 1. The standard InChI is InChI=1S/C12H19F2N3O/c1-2-4-16-12-8-10(3-5-17-12)15-6-7-18-9-11(13)14/h3,5,8,11H,2,4,6-7,9H2,1H3,(H2,15,16,17). The van der Waals surface area contributed by atoms with Gasteiger partial charge < -0.3 is 15.4 Å². The number of hydrogen-bond donors (Lipinski definition) is 2. The van der Waals surface area contributed by atoms with E-state index in [1.54, 1.807) is 6.20 Å². The van der Waals surface area contributed by atoms with E-state index in [0.717, 1.165) is 24.5 Å². The molecule has 1 heterocycles. The highest BCUT2D eigenvalue weighted by Crippen LogP contribution is 2.11. The van der Waals surface area contributed by atoms with Gasteiger partial charge in [-0.15, -0.1) is 0 Å². The molecule has 1 rings (SSSR count). The number of alkyl halides is 2. The quantitative estimate of drug-likeness (QED) is 0.669. The fourth-order valence-corrected chi connectivity index (χ4v) is 1.33. The third-order valence-electron chi connectivity index (χ3n) is 2.14. The average Bonchev–Trinajstić information content (AvgIpc) is 2.36. The Balaban J connectivity index is 2.24. The number of hydrogen-bond acceptors (Lipinski definition) is 4. The minimum atomic E-state index is -2.41. The number of nitrogens with one attached hydrogen (secondary N) is 2. The smallest absolute Gasteiger partial charge is 0.261 e. The first-order valence-electron chi connectivity index (χ1n) is 6.02. The number of halogens is 2. The van der Waals surface area contributed by atoms with E-state index in [1.807, 2.05) is 12.1 Å². The van der Waals surface area contributed by atoms with Crippen molar-refractivity contribution < 1.29 is 13.5 Å². The molecule has 0 aromatic carbocycles. The molecule has 18 heavy (non-hydrogen) atoms. The maximum absolute atomic E-state index is 11.8. The second-order valence-corrected chi connectivity index (χ2v) is 3.75. The lowest BCUT2D eigenvalue weighted by Crippen LogP contribution is -2.13. The zero-order chi connectivity index (χ0) is 13.2. The number of anilines is 2. The summed E-state index contributed by atoms with van der Waals surface area (Å²) in [5.41, 5.74) is 0.893. The fraction of sp³-hybridized carbons (Fsp3) is 0.583. The highest BCUT2D eigenvalue weighted by Gasteiger charge is 2.01. The zero-order valence-electron chi connectivity index (χ0n) is 10.5. The van der Waals surface area contributed by atoms with Crippen molar-refractivity contribution in [3.63, 3.8) is 0 Å². The van der Waals surface area contributed by atoms with Crippen LogP contribution in [0.25, 0.3) is 0 Å². The summed E-state index contributed by atoms with van der Waals surface area (Å²) in [5, 5.41) is 6.25. The van der Waals surface area contributed by atoms with Crippen molar-refractivity contribution in [3.8, 4) is 0 Å². The topological polar surface area (TPSA) is 46.2 Å². The van der Waals surface area contributed by atoms with E-state index in [4.69, 9.17) is 4.74 Å². The van der Waals surface area contributed by atoms with Gasteiger partial charge in [0.1, 0.15) is 12.4 Å². The molecule has 0 atom stereocenters. The van der Waals surface area contributed by atoms with Gasteiger partial charge in [0.05, 0.1) is 6.61 Å². The Morgan fingerprint density at radius 3 is 2.89 bits per heavy atom. The molecular formula is C12H19F2N3O. The predicted molar refractivity (Wildman–Crippen MR) is 68.3 cm³/mol. The molecule has 0 saturated carbocycles. The van der Waals surface area contributed by atoms with Crippen LogP contribution in [0, 0.1) is 0 Å². The molecule has 4 nitrogen and oxygen atoms in total. The van der Waals surface area contributed by atoms with Gasteiger partial charge in [-0.2, -0.15) is 0 Å². The van der Waals surface area contributed by atoms with Gasteiger partial charge in [0.2, 0.25) is 0 Å². The number of ether oxygens (including phenoxy) is 1. The second kappa shape index (κ2) is 8.63. The Hall–Kier alpha value is -1.43. The van der Waals surface area contributed by atoms with Crippen LogP contribution in [0.5, 0.6) is 0 Å². The maximum atomic E-state index is 11.8. The molecular weight excluding hydrogens is 240 g/mol. The maximum Gasteiger partial charge on any atom is 0.261 e. The summed E-state index contributed by atoms with van der Waals surface area (Å²) in [5.74, 6) is 0.801. The van der Waals surface area contributed by atoms with E-state index in [1.165, 1.54) is 0 Å². The molecule has 102 valence electrons. The van der Waals surface area contributed by atoms with Gasteiger partial charge in [-0.3, -0.25) is 0 Å². The first kappa shape index (κ1) is 14.6. The molecule has 0 aliphatic heterocycles. The molecule has 0 saturated heterocycles. The van der Waals surface area contributed by atoms with Crippen LogP contribution in [-0.2, 0) is 4.74 Å². The van der Waals surface area contributed by atoms with E-state index in [-0.39, 0.29) is 6.61 Å². The van der Waals surface area contributed by atoms with E-state index in [0.29, 0.717) is 6.54 Å². The van der Waals surface area contributed by atoms with Gasteiger partial charge in [-0.05, 0) is 12.5 Å². The van der Waals surface area contributed by atoms with Crippen molar-refractivity contribution in [2.24, 2.45) is 0 Å². The summed E-state index contributed by atoms with van der Waals surface area (Å²) < 4.78 is 28.4. The van der Waals surface area contributed by atoms with Crippen LogP contribution in [-0.4, -0.2) is 37.7 Å². The summed E-state index contributed by atoms with van der Waals surface area (Å²) in [6.45, 7) is 3.18. The van der Waals surface area contributed by atoms with Gasteiger partial charge in [0.15, 0.2) is 0 Å². The van der Waals surface area contributed by atoms with Crippen molar-refractivity contribution >= 4 is 11.5 Å². The van der Waals surface area contributed by atoms with Crippen molar-refractivity contribution in [1.82, 2.24) is 4.98 Å². The lowest BCUT2D eigenvalue weighted by Gasteiger charge is -2.09.